The summed E-state index contributed by atoms with van der Waals surface area (Å²) in [4.78, 5) is 43.6. The van der Waals surface area contributed by atoms with Crippen LogP contribution in [0.15, 0.2) is 52.4 Å². The Morgan fingerprint density at radius 3 is 2.22 bits per heavy atom. The molecule has 0 aliphatic heterocycles. The smallest absolute Gasteiger partial charge is 0.326 e. The monoisotopic (exact) mass is 508 g/mol. The predicted molar refractivity (Wildman–Crippen MR) is 148 cm³/mol. The molecule has 0 fully saturated rings. The first-order valence-electron chi connectivity index (χ1n) is 13.6. The molecule has 0 spiro atoms. The molecule has 3 rings (SSSR count). The number of anilines is 2. The Morgan fingerprint density at radius 1 is 0.973 bits per heavy atom. The number of nitrogens with one attached hydrogen (secondary N) is 1. The maximum Gasteiger partial charge on any atom is 0.326 e. The van der Waals surface area contributed by atoms with Crippen LogP contribution in [-0.2, 0) is 17.8 Å². The van der Waals surface area contributed by atoms with Crippen molar-refractivity contribution in [3.05, 3.63) is 74.6 Å². The van der Waals surface area contributed by atoms with E-state index >= 15 is 0 Å². The summed E-state index contributed by atoms with van der Waals surface area (Å²) >= 11 is 0. The number of hydrogen-bond donors (Lipinski definition) is 2. The second-order valence-electron chi connectivity index (χ2n) is 9.75. The van der Waals surface area contributed by atoms with Crippen molar-refractivity contribution in [2.24, 2.45) is 0 Å². The maximum absolute atomic E-state index is 12.6. The Labute approximate surface area is 219 Å². The first-order valence-corrected chi connectivity index (χ1v) is 13.6. The van der Waals surface area contributed by atoms with Gasteiger partial charge in [-0.2, -0.15) is 0 Å². The predicted octanol–water partition coefficient (Wildman–Crippen LogP) is 4.60. The molecule has 0 radical (unpaired) electrons. The lowest BCUT2D eigenvalue weighted by Crippen LogP contribution is -2.46. The van der Waals surface area contributed by atoms with Gasteiger partial charge in [-0.05, 0) is 18.4 Å². The summed E-state index contributed by atoms with van der Waals surface area (Å²) in [6, 6.07) is 8.87. The average Bonchev–Trinajstić information content (AvgIpc) is 3.34. The lowest BCUT2D eigenvalue weighted by molar-refractivity contribution is -0.137. The topological polar surface area (TPSA) is 105 Å². The number of nitrogens with zero attached hydrogens (tertiary/aromatic N) is 3. The van der Waals surface area contributed by atoms with Gasteiger partial charge in [-0.1, -0.05) is 82.7 Å². The minimum atomic E-state index is -1.09. The van der Waals surface area contributed by atoms with E-state index in [1.54, 1.807) is 6.33 Å². The highest BCUT2D eigenvalue weighted by atomic mass is 16.4. The van der Waals surface area contributed by atoms with E-state index in [4.69, 9.17) is 0 Å². The van der Waals surface area contributed by atoms with Crippen LogP contribution in [0.3, 0.4) is 0 Å². The summed E-state index contributed by atoms with van der Waals surface area (Å²) in [5, 5.41) is 12.8. The van der Waals surface area contributed by atoms with E-state index in [1.807, 2.05) is 46.0 Å². The van der Waals surface area contributed by atoms with Gasteiger partial charge in [-0.15, -0.1) is 0 Å². The van der Waals surface area contributed by atoms with Gasteiger partial charge in [0.1, 0.15) is 17.4 Å². The highest BCUT2D eigenvalue weighted by Gasteiger charge is 2.30. The van der Waals surface area contributed by atoms with E-state index in [9.17, 15) is 19.5 Å². The van der Waals surface area contributed by atoms with Gasteiger partial charge in [0.25, 0.3) is 10.9 Å². The van der Waals surface area contributed by atoms with Crippen molar-refractivity contribution in [2.75, 3.05) is 23.3 Å². The first kappa shape index (κ1) is 28.2. The highest BCUT2D eigenvalue weighted by Crippen LogP contribution is 2.23. The van der Waals surface area contributed by atoms with Gasteiger partial charge < -0.3 is 19.9 Å². The molecule has 8 nitrogen and oxygen atoms in total. The van der Waals surface area contributed by atoms with Crippen molar-refractivity contribution < 1.29 is 9.90 Å². The van der Waals surface area contributed by atoms with E-state index in [1.165, 1.54) is 0 Å². The second kappa shape index (κ2) is 14.4. The summed E-state index contributed by atoms with van der Waals surface area (Å²) in [7, 11) is 0. The van der Waals surface area contributed by atoms with E-state index in [-0.39, 0.29) is 12.1 Å². The molecule has 1 aromatic heterocycles. The van der Waals surface area contributed by atoms with Crippen LogP contribution < -0.4 is 21.1 Å². The number of carboxylic acids is 1. The standard InChI is InChI=1S/C29H40N4O4/c1-3-5-7-12-16-33(17-13-8-6-4-2)26-25(27(34)28(26)35)31-24(29(36)37)18-23-20-32(21-30-23)19-22-14-10-9-11-15-22/h9-11,14-15,20-21,24,31H,3-8,12-13,16-19H2,1-2H3,(H,36,37)/t24-/m0/s1. The Hall–Kier alpha value is -3.42. The lowest BCUT2D eigenvalue weighted by atomic mass is 10.1. The van der Waals surface area contributed by atoms with Gasteiger partial charge in [-0.25, -0.2) is 9.78 Å². The molecule has 0 bridgehead atoms. The molecule has 0 aliphatic carbocycles. The fourth-order valence-corrected chi connectivity index (χ4v) is 4.59. The van der Waals surface area contributed by atoms with E-state index in [0.29, 0.717) is 31.0 Å². The van der Waals surface area contributed by atoms with Gasteiger partial charge in [0, 0.05) is 32.3 Å². The molecule has 0 aliphatic rings. The van der Waals surface area contributed by atoms with Crippen LogP contribution in [-0.4, -0.2) is 39.8 Å². The molecule has 1 atom stereocenters. The van der Waals surface area contributed by atoms with Crippen molar-refractivity contribution in [1.29, 1.82) is 0 Å². The third-order valence-corrected chi connectivity index (χ3v) is 6.69. The zero-order valence-corrected chi connectivity index (χ0v) is 22.1. The largest absolute Gasteiger partial charge is 0.480 e. The summed E-state index contributed by atoms with van der Waals surface area (Å²) in [6.07, 6.45) is 12.1. The Balaban J connectivity index is 1.71. The minimum Gasteiger partial charge on any atom is -0.480 e. The SMILES string of the molecule is CCCCCCN(CCCCCC)c1c(N[C@@H](Cc2cn(Cc3ccccc3)cn2)C(=O)O)c(=O)c1=O. The number of benzene rings is 1. The van der Waals surface area contributed by atoms with Gasteiger partial charge in [0.05, 0.1) is 12.0 Å². The molecule has 37 heavy (non-hydrogen) atoms. The van der Waals surface area contributed by atoms with Crippen LogP contribution in [0.4, 0.5) is 11.4 Å². The Kier molecular flexibility index (Phi) is 10.9. The zero-order chi connectivity index (χ0) is 26.6. The number of hydrogen-bond acceptors (Lipinski definition) is 6. The second-order valence-corrected chi connectivity index (χ2v) is 9.75. The van der Waals surface area contributed by atoms with Crippen LogP contribution in [0, 0.1) is 0 Å². The molecular weight excluding hydrogens is 468 g/mol. The fourth-order valence-electron chi connectivity index (χ4n) is 4.59. The van der Waals surface area contributed by atoms with Crippen LogP contribution in [0.5, 0.6) is 0 Å². The maximum atomic E-state index is 12.6. The summed E-state index contributed by atoms with van der Waals surface area (Å²) < 4.78 is 1.90. The zero-order valence-electron chi connectivity index (χ0n) is 22.1. The van der Waals surface area contributed by atoms with Gasteiger partial charge in [-0.3, -0.25) is 9.59 Å². The molecule has 0 unspecified atom stereocenters. The molecular formula is C29H40N4O4. The van der Waals surface area contributed by atoms with Gasteiger partial charge >= 0.3 is 5.97 Å². The third kappa shape index (κ3) is 8.03. The number of carboxylic acid groups (broad SMARTS) is 1. The Morgan fingerprint density at radius 2 is 1.62 bits per heavy atom. The summed E-state index contributed by atoms with van der Waals surface area (Å²) in [5.74, 6) is -1.09. The molecule has 2 N–H and O–H groups in total. The molecule has 8 heteroatoms. The molecule has 1 heterocycles. The average molecular weight is 509 g/mol. The number of aromatic nitrogens is 2. The summed E-state index contributed by atoms with van der Waals surface area (Å²) in [5.41, 5.74) is 1.04. The summed E-state index contributed by atoms with van der Waals surface area (Å²) in [6.45, 7) is 6.31. The lowest BCUT2D eigenvalue weighted by Gasteiger charge is -2.29. The highest BCUT2D eigenvalue weighted by molar-refractivity contribution is 5.83. The van der Waals surface area contributed by atoms with Crippen molar-refractivity contribution in [2.45, 2.75) is 84.2 Å². The van der Waals surface area contributed by atoms with Crippen molar-refractivity contribution >= 4 is 17.3 Å². The number of carbonyl (C=O) groups is 1. The van der Waals surface area contributed by atoms with Gasteiger partial charge in [0.15, 0.2) is 0 Å². The van der Waals surface area contributed by atoms with E-state index < -0.39 is 22.9 Å². The van der Waals surface area contributed by atoms with Crippen LogP contribution >= 0.6 is 0 Å². The van der Waals surface area contributed by atoms with Crippen LogP contribution in [0.1, 0.15) is 76.5 Å². The molecule has 2 aromatic carbocycles. The first-order chi connectivity index (χ1) is 17.9. The van der Waals surface area contributed by atoms with Gasteiger partial charge in [0.2, 0.25) is 0 Å². The molecule has 3 aromatic rings. The van der Waals surface area contributed by atoms with E-state index in [2.05, 4.69) is 24.1 Å². The van der Waals surface area contributed by atoms with Crippen molar-refractivity contribution in [1.82, 2.24) is 9.55 Å². The third-order valence-electron chi connectivity index (χ3n) is 6.69. The molecule has 200 valence electrons. The fraction of sp³-hybridized carbons (Fsp3) is 0.517. The van der Waals surface area contributed by atoms with Crippen molar-refractivity contribution in [3.8, 4) is 0 Å². The van der Waals surface area contributed by atoms with Crippen molar-refractivity contribution in [3.63, 3.8) is 0 Å². The molecule has 0 saturated carbocycles. The number of aliphatic carboxylic acids is 1. The van der Waals surface area contributed by atoms with E-state index in [0.717, 1.165) is 56.9 Å². The quantitative estimate of drug-likeness (QED) is 0.191. The number of unbranched alkanes of at least 4 members (excludes halogenated alkanes) is 6. The minimum absolute atomic E-state index is 0.0996. The molecule has 0 saturated heterocycles. The van der Waals surface area contributed by atoms with Crippen LogP contribution in [0.25, 0.3) is 0 Å². The number of imidazole rings is 1. The molecule has 0 amide bonds. The number of rotatable bonds is 18. The Bertz CT molecular complexity index is 1170. The van der Waals surface area contributed by atoms with Crippen LogP contribution in [0.2, 0.25) is 0 Å². The normalized spacial score (nSPS) is 12.1.